The van der Waals surface area contributed by atoms with Gasteiger partial charge in [0, 0.05) is 13.2 Å². The molecule has 2 aromatic rings. The van der Waals surface area contributed by atoms with Crippen molar-refractivity contribution < 1.29 is 13.5 Å². The van der Waals surface area contributed by atoms with Crippen molar-refractivity contribution in [3.63, 3.8) is 0 Å². The molecule has 1 nitrogen and oxygen atoms in total. The van der Waals surface area contributed by atoms with Gasteiger partial charge in [-0.2, -0.15) is 0 Å². The second-order valence-corrected chi connectivity index (χ2v) is 7.15. The number of hydrogen-bond acceptors (Lipinski definition) is 1. The Bertz CT molecular complexity index is 613. The lowest BCUT2D eigenvalue weighted by atomic mass is 9.91. The summed E-state index contributed by atoms with van der Waals surface area (Å²) in [5, 5.41) is 0. The Morgan fingerprint density at radius 2 is 1.11 bits per heavy atom. The molecule has 0 aromatic heterocycles. The third kappa shape index (κ3) is 6.73. The fourth-order valence-corrected chi connectivity index (χ4v) is 3.74. The minimum Gasteiger partial charge on any atom is -0.381 e. The van der Waals surface area contributed by atoms with E-state index in [0.717, 1.165) is 49.7 Å². The number of rotatable bonds is 12. The molecule has 0 radical (unpaired) electrons. The molecular formula is C24H32F2O. The Morgan fingerprint density at radius 3 is 1.48 bits per heavy atom. The van der Waals surface area contributed by atoms with Crippen molar-refractivity contribution in [2.75, 3.05) is 13.2 Å². The summed E-state index contributed by atoms with van der Waals surface area (Å²) >= 11 is 0. The Hall–Kier alpha value is -1.74. The van der Waals surface area contributed by atoms with Gasteiger partial charge in [-0.3, -0.25) is 0 Å². The molecule has 2 aromatic carbocycles. The second-order valence-electron chi connectivity index (χ2n) is 7.15. The molecule has 0 aliphatic rings. The number of ether oxygens (including phenoxy) is 1. The molecule has 0 saturated heterocycles. The van der Waals surface area contributed by atoms with Crippen LogP contribution in [-0.2, 0) is 4.74 Å². The molecule has 148 valence electrons. The molecule has 0 heterocycles. The van der Waals surface area contributed by atoms with Crippen LogP contribution in [0.5, 0.6) is 0 Å². The highest BCUT2D eigenvalue weighted by Gasteiger charge is 2.14. The first-order valence-electron chi connectivity index (χ1n) is 10.2. The Morgan fingerprint density at radius 1 is 0.704 bits per heavy atom. The Kier molecular flexibility index (Phi) is 9.47. The molecule has 0 spiro atoms. The Balaban J connectivity index is 1.65. The second kappa shape index (κ2) is 11.9. The van der Waals surface area contributed by atoms with Gasteiger partial charge in [-0.25, -0.2) is 8.78 Å². The van der Waals surface area contributed by atoms with Crippen LogP contribution in [0.25, 0.3) is 0 Å². The maximum Gasteiger partial charge on any atom is 0.126 e. The average Bonchev–Trinajstić information content (AvgIpc) is 2.69. The van der Waals surface area contributed by atoms with Gasteiger partial charge in [0.15, 0.2) is 0 Å². The van der Waals surface area contributed by atoms with Crippen molar-refractivity contribution in [3.8, 4) is 0 Å². The van der Waals surface area contributed by atoms with Gasteiger partial charge >= 0.3 is 0 Å². The summed E-state index contributed by atoms with van der Waals surface area (Å²) in [6.07, 6.45) is 5.59. The fraction of sp³-hybridized carbons (Fsp3) is 0.500. The summed E-state index contributed by atoms with van der Waals surface area (Å²) in [6, 6.07) is 14.1. The van der Waals surface area contributed by atoms with Crippen LogP contribution in [-0.4, -0.2) is 13.2 Å². The lowest BCUT2D eigenvalue weighted by Crippen LogP contribution is -2.05. The van der Waals surface area contributed by atoms with Crippen molar-refractivity contribution in [3.05, 3.63) is 71.3 Å². The quantitative estimate of drug-likeness (QED) is 0.356. The van der Waals surface area contributed by atoms with Crippen molar-refractivity contribution in [1.29, 1.82) is 0 Å². The monoisotopic (exact) mass is 374 g/mol. The van der Waals surface area contributed by atoms with Gasteiger partial charge < -0.3 is 4.74 Å². The average molecular weight is 375 g/mol. The summed E-state index contributed by atoms with van der Waals surface area (Å²) in [6.45, 7) is 5.60. The van der Waals surface area contributed by atoms with Gasteiger partial charge in [0.1, 0.15) is 11.6 Å². The maximum absolute atomic E-state index is 13.9. The first kappa shape index (κ1) is 21.6. The van der Waals surface area contributed by atoms with Crippen molar-refractivity contribution in [2.24, 2.45) is 0 Å². The summed E-state index contributed by atoms with van der Waals surface area (Å²) in [7, 11) is 0. The predicted molar refractivity (Wildman–Crippen MR) is 108 cm³/mol. The zero-order chi connectivity index (χ0) is 19.5. The van der Waals surface area contributed by atoms with Crippen LogP contribution in [0.3, 0.4) is 0 Å². The van der Waals surface area contributed by atoms with Gasteiger partial charge in [0.05, 0.1) is 0 Å². The van der Waals surface area contributed by atoms with E-state index in [9.17, 15) is 8.78 Å². The molecule has 0 amide bonds. The number of halogens is 2. The maximum atomic E-state index is 13.9. The van der Waals surface area contributed by atoms with Gasteiger partial charge in [-0.15, -0.1) is 0 Å². The van der Waals surface area contributed by atoms with Crippen molar-refractivity contribution in [1.82, 2.24) is 0 Å². The third-order valence-electron chi connectivity index (χ3n) is 5.36. The van der Waals surface area contributed by atoms with Crippen molar-refractivity contribution in [2.45, 2.75) is 64.2 Å². The van der Waals surface area contributed by atoms with Gasteiger partial charge in [-0.1, -0.05) is 50.2 Å². The summed E-state index contributed by atoms with van der Waals surface area (Å²) in [5.41, 5.74) is 1.63. The standard InChI is InChI=1S/C24H32F2O/c1-3-19(21-13-5-7-15-23(21)25)11-9-17-27-18-10-12-20(4-2)22-14-6-8-16-24(22)26/h5-8,13-16,19-20H,3-4,9-12,17-18H2,1-2H3. The van der Waals surface area contributed by atoms with E-state index in [2.05, 4.69) is 13.8 Å². The zero-order valence-electron chi connectivity index (χ0n) is 16.6. The van der Waals surface area contributed by atoms with Crippen LogP contribution < -0.4 is 0 Å². The molecule has 2 unspecified atom stereocenters. The highest BCUT2D eigenvalue weighted by atomic mass is 19.1. The topological polar surface area (TPSA) is 9.23 Å². The molecule has 2 rings (SSSR count). The van der Waals surface area contributed by atoms with E-state index in [4.69, 9.17) is 4.74 Å². The molecule has 3 heteroatoms. The van der Waals surface area contributed by atoms with Crippen molar-refractivity contribution >= 4 is 0 Å². The zero-order valence-corrected chi connectivity index (χ0v) is 16.6. The molecule has 2 atom stereocenters. The van der Waals surface area contributed by atoms with Crippen LogP contribution >= 0.6 is 0 Å². The van der Waals surface area contributed by atoms with E-state index in [-0.39, 0.29) is 23.5 Å². The van der Waals surface area contributed by atoms with Gasteiger partial charge in [0.2, 0.25) is 0 Å². The minimum atomic E-state index is -0.107. The Labute approximate surface area is 162 Å². The molecule has 0 N–H and O–H groups in total. The molecule has 0 saturated carbocycles. The third-order valence-corrected chi connectivity index (χ3v) is 5.36. The molecule has 0 bridgehead atoms. The summed E-state index contributed by atoms with van der Waals surface area (Å²) in [4.78, 5) is 0. The van der Waals surface area contributed by atoms with Crippen LogP contribution in [0.15, 0.2) is 48.5 Å². The normalized spacial score (nSPS) is 13.5. The number of benzene rings is 2. The van der Waals surface area contributed by atoms with E-state index in [1.807, 2.05) is 24.3 Å². The SMILES string of the molecule is CCC(CCCOCCCC(CC)c1ccccc1F)c1ccccc1F. The smallest absolute Gasteiger partial charge is 0.126 e. The largest absolute Gasteiger partial charge is 0.381 e. The predicted octanol–water partition coefficient (Wildman–Crippen LogP) is 7.23. The first-order chi connectivity index (χ1) is 13.2. The van der Waals surface area contributed by atoms with Crippen LogP contribution in [0.2, 0.25) is 0 Å². The molecular weight excluding hydrogens is 342 g/mol. The molecule has 0 aliphatic carbocycles. The van der Waals surface area contributed by atoms with Crippen LogP contribution in [0.4, 0.5) is 8.78 Å². The van der Waals surface area contributed by atoms with Crippen LogP contribution in [0, 0.1) is 11.6 Å². The minimum absolute atomic E-state index is 0.107. The molecule has 0 aliphatic heterocycles. The van der Waals surface area contributed by atoms with E-state index in [0.29, 0.717) is 13.2 Å². The fourth-order valence-electron chi connectivity index (χ4n) is 3.74. The first-order valence-corrected chi connectivity index (χ1v) is 10.2. The molecule has 27 heavy (non-hydrogen) atoms. The molecule has 0 fully saturated rings. The highest BCUT2D eigenvalue weighted by Crippen LogP contribution is 2.28. The highest BCUT2D eigenvalue weighted by molar-refractivity contribution is 5.22. The van der Waals surface area contributed by atoms with Crippen LogP contribution in [0.1, 0.15) is 75.3 Å². The lowest BCUT2D eigenvalue weighted by molar-refractivity contribution is 0.123. The van der Waals surface area contributed by atoms with E-state index in [1.54, 1.807) is 12.1 Å². The van der Waals surface area contributed by atoms with E-state index < -0.39 is 0 Å². The lowest BCUT2D eigenvalue weighted by Gasteiger charge is -2.17. The summed E-state index contributed by atoms with van der Waals surface area (Å²) < 4.78 is 33.6. The van der Waals surface area contributed by atoms with E-state index >= 15 is 0 Å². The van der Waals surface area contributed by atoms with E-state index in [1.165, 1.54) is 12.1 Å². The van der Waals surface area contributed by atoms with Gasteiger partial charge in [0.25, 0.3) is 0 Å². The van der Waals surface area contributed by atoms with Gasteiger partial charge in [-0.05, 0) is 73.6 Å². The number of hydrogen-bond donors (Lipinski definition) is 0. The summed E-state index contributed by atoms with van der Waals surface area (Å²) in [5.74, 6) is 0.286.